The van der Waals surface area contributed by atoms with E-state index in [4.69, 9.17) is 14.2 Å². The number of aliphatic hydroxyl groups excluding tert-OH is 1. The maximum absolute atomic E-state index is 13.3. The van der Waals surface area contributed by atoms with Crippen molar-refractivity contribution in [2.75, 3.05) is 20.3 Å². The molecule has 0 saturated carbocycles. The number of carbonyl (C=O) groups is 2. The van der Waals surface area contributed by atoms with Gasteiger partial charge in [0.2, 0.25) is 0 Å². The van der Waals surface area contributed by atoms with Crippen LogP contribution < -0.4 is 9.47 Å². The summed E-state index contributed by atoms with van der Waals surface area (Å²) in [5.74, 6) is -0.313. The van der Waals surface area contributed by atoms with Crippen molar-refractivity contribution in [2.45, 2.75) is 32.6 Å². The van der Waals surface area contributed by atoms with E-state index in [1.807, 2.05) is 79.7 Å². The molecule has 1 heterocycles. The van der Waals surface area contributed by atoms with Crippen molar-refractivity contribution in [1.82, 2.24) is 4.90 Å². The molecule has 1 fully saturated rings. The third kappa shape index (κ3) is 7.13. The Labute approximate surface area is 252 Å². The largest absolute Gasteiger partial charge is 0.507 e. The highest BCUT2D eigenvalue weighted by Gasteiger charge is 2.45. The number of rotatable bonds is 12. The summed E-state index contributed by atoms with van der Waals surface area (Å²) in [7, 11) is 1.59. The number of nitrogens with zero attached hydrogens (tertiary/aromatic N) is 1. The van der Waals surface area contributed by atoms with Crippen LogP contribution in [0.4, 0.5) is 0 Å². The van der Waals surface area contributed by atoms with E-state index in [1.54, 1.807) is 31.4 Å². The summed E-state index contributed by atoms with van der Waals surface area (Å²) < 4.78 is 17.0. The predicted octanol–water partition coefficient (Wildman–Crippen LogP) is 6.61. The monoisotopic (exact) mass is 577 g/mol. The van der Waals surface area contributed by atoms with Gasteiger partial charge >= 0.3 is 0 Å². The molecule has 43 heavy (non-hydrogen) atoms. The summed E-state index contributed by atoms with van der Waals surface area (Å²) in [6, 6.07) is 31.3. The zero-order valence-corrected chi connectivity index (χ0v) is 24.4. The van der Waals surface area contributed by atoms with Crippen LogP contribution in [0.15, 0.2) is 109 Å². The molecule has 0 radical (unpaired) electrons. The number of ketones is 1. The first-order valence-corrected chi connectivity index (χ1v) is 14.3. The second kappa shape index (κ2) is 13.9. The van der Waals surface area contributed by atoms with Crippen molar-refractivity contribution in [3.05, 3.63) is 137 Å². The number of carbonyl (C=O) groups excluding carboxylic acids is 2. The third-order valence-electron chi connectivity index (χ3n) is 7.35. The quantitative estimate of drug-likeness (QED) is 0.0883. The molecule has 1 saturated heterocycles. The number of aliphatic hydroxyl groups is 1. The molecule has 1 aliphatic heterocycles. The summed E-state index contributed by atoms with van der Waals surface area (Å²) in [4.78, 5) is 28.0. The van der Waals surface area contributed by atoms with E-state index >= 15 is 0 Å². The Kier molecular flexibility index (Phi) is 9.54. The normalized spacial score (nSPS) is 16.0. The fourth-order valence-corrected chi connectivity index (χ4v) is 5.16. The van der Waals surface area contributed by atoms with Gasteiger partial charge < -0.3 is 24.2 Å². The highest BCUT2D eigenvalue weighted by atomic mass is 16.5. The maximum Gasteiger partial charge on any atom is 0.295 e. The van der Waals surface area contributed by atoms with Crippen LogP contribution in [0.3, 0.4) is 0 Å². The molecule has 7 heteroatoms. The molecular weight excluding hydrogens is 542 g/mol. The minimum absolute atomic E-state index is 0.0498. The molecule has 0 aromatic heterocycles. The average Bonchev–Trinajstić information content (AvgIpc) is 3.29. The van der Waals surface area contributed by atoms with Gasteiger partial charge in [0.05, 0.1) is 11.6 Å². The minimum Gasteiger partial charge on any atom is -0.507 e. The number of ether oxygens (including phenoxy) is 3. The zero-order chi connectivity index (χ0) is 30.2. The molecule has 0 bridgehead atoms. The van der Waals surface area contributed by atoms with Crippen molar-refractivity contribution in [3.8, 4) is 11.5 Å². The second-order valence-electron chi connectivity index (χ2n) is 10.5. The van der Waals surface area contributed by atoms with Crippen molar-refractivity contribution in [1.29, 1.82) is 0 Å². The third-order valence-corrected chi connectivity index (χ3v) is 7.35. The topological polar surface area (TPSA) is 85.3 Å². The molecule has 0 spiro atoms. The number of methoxy groups -OCH3 is 1. The molecule has 4 aromatic carbocycles. The Bertz CT molecular complexity index is 1580. The van der Waals surface area contributed by atoms with Crippen molar-refractivity contribution >= 4 is 17.4 Å². The van der Waals surface area contributed by atoms with Crippen molar-refractivity contribution in [2.24, 2.45) is 0 Å². The summed E-state index contributed by atoms with van der Waals surface area (Å²) in [6.07, 6.45) is 0.547. The van der Waals surface area contributed by atoms with Crippen LogP contribution >= 0.6 is 0 Å². The number of aryl methyl sites for hydroxylation is 1. The van der Waals surface area contributed by atoms with Crippen LogP contribution in [0.1, 0.15) is 40.3 Å². The second-order valence-corrected chi connectivity index (χ2v) is 10.5. The van der Waals surface area contributed by atoms with Gasteiger partial charge in [-0.1, -0.05) is 72.3 Å². The first kappa shape index (κ1) is 29.6. The number of amides is 1. The summed E-state index contributed by atoms with van der Waals surface area (Å²) in [5, 5.41) is 11.4. The van der Waals surface area contributed by atoms with Gasteiger partial charge in [0.15, 0.2) is 0 Å². The highest BCUT2D eigenvalue weighted by molar-refractivity contribution is 6.46. The Balaban J connectivity index is 1.39. The van der Waals surface area contributed by atoms with Gasteiger partial charge in [-0.2, -0.15) is 0 Å². The molecule has 1 unspecified atom stereocenters. The van der Waals surface area contributed by atoms with E-state index in [2.05, 4.69) is 6.07 Å². The Morgan fingerprint density at radius 3 is 2.07 bits per heavy atom. The van der Waals surface area contributed by atoms with E-state index in [0.29, 0.717) is 55.4 Å². The molecule has 1 atom stereocenters. The Hall–Kier alpha value is -4.88. The van der Waals surface area contributed by atoms with Gasteiger partial charge in [0.1, 0.15) is 30.5 Å². The fraction of sp³-hybridized carbons (Fsp3) is 0.222. The first-order valence-electron chi connectivity index (χ1n) is 14.3. The van der Waals surface area contributed by atoms with E-state index in [0.717, 1.165) is 16.7 Å². The van der Waals surface area contributed by atoms with Gasteiger partial charge in [-0.05, 0) is 66.4 Å². The highest BCUT2D eigenvalue weighted by Crippen LogP contribution is 2.40. The number of Topliss-reactive ketones (excluding diaryl/α,β-unsaturated/α-hetero) is 1. The maximum atomic E-state index is 13.3. The molecule has 1 aliphatic rings. The molecule has 4 aromatic rings. The molecule has 0 aliphatic carbocycles. The van der Waals surface area contributed by atoms with Crippen LogP contribution in [0, 0.1) is 6.92 Å². The lowest BCUT2D eigenvalue weighted by Crippen LogP contribution is -2.31. The lowest BCUT2D eigenvalue weighted by atomic mass is 9.95. The number of hydrogen-bond acceptors (Lipinski definition) is 6. The van der Waals surface area contributed by atoms with Gasteiger partial charge in [-0.25, -0.2) is 0 Å². The number of benzene rings is 4. The van der Waals surface area contributed by atoms with Gasteiger partial charge in [0, 0.05) is 25.8 Å². The zero-order valence-electron chi connectivity index (χ0n) is 24.4. The smallest absolute Gasteiger partial charge is 0.295 e. The summed E-state index contributed by atoms with van der Waals surface area (Å²) in [6.45, 7) is 3.60. The Morgan fingerprint density at radius 1 is 0.791 bits per heavy atom. The van der Waals surface area contributed by atoms with Crippen molar-refractivity contribution in [3.63, 3.8) is 0 Å². The summed E-state index contributed by atoms with van der Waals surface area (Å²) >= 11 is 0. The van der Waals surface area contributed by atoms with Gasteiger partial charge in [-0.3, -0.25) is 9.59 Å². The summed E-state index contributed by atoms with van der Waals surface area (Å²) in [5.41, 5.74) is 4.42. The minimum atomic E-state index is -0.753. The lowest BCUT2D eigenvalue weighted by Gasteiger charge is -2.25. The number of hydrogen-bond donors (Lipinski definition) is 1. The standard InChI is InChI=1S/C36H35NO6/c1-25-8-6-11-27(22-25)24-43-31-18-14-29(15-19-31)34(38)32-33(37(20-7-21-41-2)36(40)35(32)39)28-12-16-30(17-13-28)42-23-26-9-4-3-5-10-26/h3-6,8-19,22,33,38H,7,20-21,23-24H2,1-2H3. The van der Waals surface area contributed by atoms with Gasteiger partial charge in [0.25, 0.3) is 11.7 Å². The lowest BCUT2D eigenvalue weighted by molar-refractivity contribution is -0.140. The van der Waals surface area contributed by atoms with E-state index in [1.165, 1.54) is 4.90 Å². The molecule has 1 N–H and O–H groups in total. The molecule has 1 amide bonds. The van der Waals surface area contributed by atoms with Crippen LogP contribution in [0.5, 0.6) is 11.5 Å². The molecule has 5 rings (SSSR count). The molecule has 7 nitrogen and oxygen atoms in total. The van der Waals surface area contributed by atoms with Crippen molar-refractivity contribution < 1.29 is 28.9 Å². The Morgan fingerprint density at radius 2 is 1.42 bits per heavy atom. The van der Waals surface area contributed by atoms with Crippen LogP contribution in [-0.4, -0.2) is 42.0 Å². The van der Waals surface area contributed by atoms with Crippen LogP contribution in [0.25, 0.3) is 5.76 Å². The van der Waals surface area contributed by atoms with Gasteiger partial charge in [-0.15, -0.1) is 0 Å². The fourth-order valence-electron chi connectivity index (χ4n) is 5.16. The molecule has 220 valence electrons. The van der Waals surface area contributed by atoms with Crippen LogP contribution in [0.2, 0.25) is 0 Å². The average molecular weight is 578 g/mol. The van der Waals surface area contributed by atoms with E-state index < -0.39 is 17.7 Å². The van der Waals surface area contributed by atoms with E-state index in [9.17, 15) is 14.7 Å². The van der Waals surface area contributed by atoms with Crippen LogP contribution in [-0.2, 0) is 27.5 Å². The first-order chi connectivity index (χ1) is 20.9. The predicted molar refractivity (Wildman–Crippen MR) is 165 cm³/mol. The van der Waals surface area contributed by atoms with E-state index in [-0.39, 0.29) is 11.3 Å². The SMILES string of the molecule is COCCCN1C(=O)C(=O)C(=C(O)c2ccc(OCc3cccc(C)c3)cc2)C1c1ccc(OCc2ccccc2)cc1. The number of likely N-dealkylation sites (tertiary alicyclic amines) is 1. The molecular formula is C36H35NO6.